The van der Waals surface area contributed by atoms with Crippen LogP contribution in [0.25, 0.3) is 0 Å². The summed E-state index contributed by atoms with van der Waals surface area (Å²) >= 11 is 1.57. The molecule has 1 saturated heterocycles. The first-order valence-corrected chi connectivity index (χ1v) is 8.05. The van der Waals surface area contributed by atoms with E-state index in [4.69, 9.17) is 15.4 Å². The predicted octanol–water partition coefficient (Wildman–Crippen LogP) is 1.98. The van der Waals surface area contributed by atoms with Crippen LogP contribution in [0.2, 0.25) is 0 Å². The summed E-state index contributed by atoms with van der Waals surface area (Å²) in [5, 5.41) is 12.1. The molecule has 21 heavy (non-hydrogen) atoms. The molecule has 116 valence electrons. The van der Waals surface area contributed by atoms with Crippen molar-refractivity contribution < 1.29 is 14.4 Å². The van der Waals surface area contributed by atoms with Crippen LogP contribution >= 0.6 is 11.8 Å². The number of likely N-dealkylation sites (tertiary alicyclic amines) is 1. The number of amides is 1. The number of hydrogen-bond acceptors (Lipinski definition) is 5. The number of aryl methyl sites for hydroxylation is 2. The van der Waals surface area contributed by atoms with E-state index in [1.807, 2.05) is 13.2 Å². The maximum Gasteiger partial charge on any atom is 0.257 e. The highest BCUT2D eigenvalue weighted by Gasteiger charge is 2.39. The van der Waals surface area contributed by atoms with Crippen LogP contribution in [0.1, 0.15) is 34.7 Å². The normalized spacial score (nSPS) is 18.8. The Morgan fingerprint density at radius 2 is 2.10 bits per heavy atom. The van der Waals surface area contributed by atoms with Crippen molar-refractivity contribution in [3.8, 4) is 0 Å². The van der Waals surface area contributed by atoms with E-state index >= 15 is 0 Å². The lowest BCUT2D eigenvalue weighted by Gasteiger charge is -2.39. The standard InChI is InChI=1S/C14H21N3O3S/c1-9-8-11(10(2)20-9)12(18)17-6-4-14(21-3,5-7-17)13(15)16-19/h8,19H,4-7H2,1-3H3,(H2,15,16). The van der Waals surface area contributed by atoms with Crippen LogP contribution < -0.4 is 5.73 Å². The van der Waals surface area contributed by atoms with Gasteiger partial charge in [0.25, 0.3) is 5.91 Å². The summed E-state index contributed by atoms with van der Waals surface area (Å²) in [4.78, 5) is 14.3. The van der Waals surface area contributed by atoms with Crippen LogP contribution in [0.15, 0.2) is 15.6 Å². The summed E-state index contributed by atoms with van der Waals surface area (Å²) in [5.74, 6) is 1.61. The van der Waals surface area contributed by atoms with Gasteiger partial charge in [-0.1, -0.05) is 5.16 Å². The van der Waals surface area contributed by atoms with Crippen LogP contribution in [-0.4, -0.2) is 45.9 Å². The number of amidine groups is 1. The number of piperidine rings is 1. The molecule has 1 amide bonds. The molecule has 0 radical (unpaired) electrons. The smallest absolute Gasteiger partial charge is 0.257 e. The molecule has 2 rings (SSSR count). The highest BCUT2D eigenvalue weighted by atomic mass is 32.2. The molecule has 7 heteroatoms. The molecule has 1 aliphatic rings. The first-order chi connectivity index (χ1) is 9.93. The third-order valence-corrected chi connectivity index (χ3v) is 5.49. The number of hydrogen-bond donors (Lipinski definition) is 2. The monoisotopic (exact) mass is 311 g/mol. The second kappa shape index (κ2) is 6.01. The van der Waals surface area contributed by atoms with Gasteiger partial charge in [0.2, 0.25) is 0 Å². The summed E-state index contributed by atoms with van der Waals surface area (Å²) in [6, 6.07) is 1.78. The zero-order chi connectivity index (χ0) is 15.6. The summed E-state index contributed by atoms with van der Waals surface area (Å²) in [6.45, 7) is 4.79. The van der Waals surface area contributed by atoms with E-state index < -0.39 is 0 Å². The number of oxime groups is 1. The van der Waals surface area contributed by atoms with Crippen molar-refractivity contribution in [1.82, 2.24) is 4.90 Å². The van der Waals surface area contributed by atoms with Crippen LogP contribution in [0.3, 0.4) is 0 Å². The van der Waals surface area contributed by atoms with Gasteiger partial charge in [0.1, 0.15) is 11.5 Å². The van der Waals surface area contributed by atoms with Gasteiger partial charge < -0.3 is 20.3 Å². The van der Waals surface area contributed by atoms with Crippen LogP contribution in [-0.2, 0) is 0 Å². The molecule has 0 bridgehead atoms. The molecule has 0 unspecified atom stereocenters. The van der Waals surface area contributed by atoms with Crippen molar-refractivity contribution in [2.45, 2.75) is 31.4 Å². The first kappa shape index (κ1) is 15.8. The van der Waals surface area contributed by atoms with Gasteiger partial charge in [-0.25, -0.2) is 0 Å². The van der Waals surface area contributed by atoms with E-state index in [1.54, 1.807) is 29.7 Å². The summed E-state index contributed by atoms with van der Waals surface area (Å²) in [5.41, 5.74) is 6.43. The fourth-order valence-electron chi connectivity index (χ4n) is 2.74. The molecule has 0 saturated carbocycles. The number of thioether (sulfide) groups is 1. The maximum atomic E-state index is 12.5. The van der Waals surface area contributed by atoms with E-state index in [1.165, 1.54) is 0 Å². The molecule has 1 fully saturated rings. The molecule has 0 aromatic carbocycles. The molecule has 6 nitrogen and oxygen atoms in total. The Morgan fingerprint density at radius 1 is 1.48 bits per heavy atom. The fourth-order valence-corrected chi connectivity index (χ4v) is 3.58. The van der Waals surface area contributed by atoms with Crippen molar-refractivity contribution in [2.24, 2.45) is 10.9 Å². The van der Waals surface area contributed by atoms with Crippen molar-refractivity contribution in [1.29, 1.82) is 0 Å². The molecule has 0 atom stereocenters. The lowest BCUT2D eigenvalue weighted by atomic mass is 9.94. The van der Waals surface area contributed by atoms with Gasteiger partial charge in [-0.15, -0.1) is 0 Å². The highest BCUT2D eigenvalue weighted by molar-refractivity contribution is 8.00. The van der Waals surface area contributed by atoms with E-state index in [0.717, 1.165) is 5.76 Å². The predicted molar refractivity (Wildman–Crippen MR) is 83.0 cm³/mol. The molecule has 2 heterocycles. The van der Waals surface area contributed by atoms with Crippen molar-refractivity contribution in [3.63, 3.8) is 0 Å². The zero-order valence-corrected chi connectivity index (χ0v) is 13.4. The summed E-state index contributed by atoms with van der Waals surface area (Å²) < 4.78 is 5.04. The summed E-state index contributed by atoms with van der Waals surface area (Å²) in [6.07, 6.45) is 3.29. The number of rotatable bonds is 3. The van der Waals surface area contributed by atoms with E-state index in [0.29, 0.717) is 37.3 Å². The quantitative estimate of drug-likeness (QED) is 0.385. The van der Waals surface area contributed by atoms with Gasteiger partial charge >= 0.3 is 0 Å². The second-order valence-electron chi connectivity index (χ2n) is 5.30. The molecule has 1 aromatic rings. The SMILES string of the molecule is CSC1(C(N)=NO)CCN(C(=O)c2cc(C)oc2C)CC1. The van der Waals surface area contributed by atoms with Crippen molar-refractivity contribution in [2.75, 3.05) is 19.3 Å². The lowest BCUT2D eigenvalue weighted by molar-refractivity contribution is 0.0716. The van der Waals surface area contributed by atoms with Gasteiger partial charge in [0.05, 0.1) is 10.3 Å². The maximum absolute atomic E-state index is 12.5. The van der Waals surface area contributed by atoms with Crippen molar-refractivity contribution >= 4 is 23.5 Å². The Hall–Kier alpha value is -1.63. The number of carbonyl (C=O) groups excluding carboxylic acids is 1. The van der Waals surface area contributed by atoms with Gasteiger partial charge in [0, 0.05) is 13.1 Å². The Morgan fingerprint density at radius 3 is 2.52 bits per heavy atom. The molecular formula is C14H21N3O3S. The lowest BCUT2D eigenvalue weighted by Crippen LogP contribution is -2.51. The van der Waals surface area contributed by atoms with E-state index in [2.05, 4.69) is 5.16 Å². The van der Waals surface area contributed by atoms with Crippen LogP contribution in [0.4, 0.5) is 0 Å². The Labute approximate surface area is 128 Å². The topological polar surface area (TPSA) is 92.1 Å². The largest absolute Gasteiger partial charge is 0.466 e. The first-order valence-electron chi connectivity index (χ1n) is 6.83. The number of nitrogens with two attached hydrogens (primary N) is 1. The van der Waals surface area contributed by atoms with Crippen LogP contribution in [0, 0.1) is 13.8 Å². The van der Waals surface area contributed by atoms with Gasteiger partial charge in [0.15, 0.2) is 5.84 Å². The Bertz CT molecular complexity index is 560. The van der Waals surface area contributed by atoms with Crippen molar-refractivity contribution in [3.05, 3.63) is 23.2 Å². The molecular weight excluding hydrogens is 290 g/mol. The third-order valence-electron chi connectivity index (χ3n) is 4.09. The minimum atomic E-state index is -0.382. The third kappa shape index (κ3) is 2.88. The molecule has 0 spiro atoms. The average Bonchev–Trinajstić information content (AvgIpc) is 2.84. The minimum Gasteiger partial charge on any atom is -0.466 e. The second-order valence-corrected chi connectivity index (χ2v) is 6.49. The van der Waals surface area contributed by atoms with Gasteiger partial charge in [-0.05, 0) is 39.0 Å². The average molecular weight is 311 g/mol. The highest BCUT2D eigenvalue weighted by Crippen LogP contribution is 2.35. The van der Waals surface area contributed by atoms with Gasteiger partial charge in [-0.2, -0.15) is 11.8 Å². The Balaban J connectivity index is 2.10. The van der Waals surface area contributed by atoms with Crippen LogP contribution in [0.5, 0.6) is 0 Å². The number of furan rings is 1. The molecule has 0 aliphatic carbocycles. The van der Waals surface area contributed by atoms with Gasteiger partial charge in [-0.3, -0.25) is 4.79 Å². The number of nitrogens with zero attached hydrogens (tertiary/aromatic N) is 2. The molecule has 3 N–H and O–H groups in total. The molecule has 1 aliphatic heterocycles. The van der Waals surface area contributed by atoms with E-state index in [-0.39, 0.29) is 16.5 Å². The number of carbonyl (C=O) groups is 1. The summed E-state index contributed by atoms with van der Waals surface area (Å²) in [7, 11) is 0. The minimum absolute atomic E-state index is 0.0152. The zero-order valence-electron chi connectivity index (χ0n) is 12.5. The van der Waals surface area contributed by atoms with E-state index in [9.17, 15) is 4.79 Å². The Kier molecular flexibility index (Phi) is 4.51. The molecule has 1 aromatic heterocycles. The fraction of sp³-hybridized carbons (Fsp3) is 0.571.